The average Bonchev–Trinajstić information content (AvgIpc) is 2.89. The van der Waals surface area contributed by atoms with E-state index in [1.165, 1.54) is 19.1 Å². The SMILES string of the molecule is CC(=O)OCC(=O)[C@@]1(O)[C@@H](C)CC2[C@@H]3CCC4=CC(=O)C=C[C@]4(C)[C@@]3(F)[C@@H](O)C[C@@]21C. The van der Waals surface area contributed by atoms with Crippen LogP contribution in [0.25, 0.3) is 0 Å². The van der Waals surface area contributed by atoms with E-state index in [1.54, 1.807) is 26.8 Å². The quantitative estimate of drug-likeness (QED) is 0.662. The zero-order chi connectivity index (χ0) is 23.0. The largest absolute Gasteiger partial charge is 0.458 e. The van der Waals surface area contributed by atoms with Crippen molar-refractivity contribution in [1.82, 2.24) is 0 Å². The van der Waals surface area contributed by atoms with Crippen molar-refractivity contribution in [2.75, 3.05) is 6.61 Å². The Balaban J connectivity index is 1.76. The van der Waals surface area contributed by atoms with Crippen LogP contribution in [-0.2, 0) is 19.1 Å². The number of esters is 1. The maximum absolute atomic E-state index is 17.0. The summed E-state index contributed by atoms with van der Waals surface area (Å²) in [7, 11) is 0. The molecule has 7 heteroatoms. The molecule has 0 amide bonds. The molecule has 8 atom stereocenters. The molecule has 0 spiro atoms. The number of hydrogen-bond donors (Lipinski definition) is 2. The Morgan fingerprint density at radius 2 is 1.97 bits per heavy atom. The predicted molar refractivity (Wildman–Crippen MR) is 109 cm³/mol. The second kappa shape index (κ2) is 6.82. The third kappa shape index (κ3) is 2.65. The van der Waals surface area contributed by atoms with Gasteiger partial charge in [-0.05, 0) is 56.6 Å². The molecule has 0 radical (unpaired) electrons. The monoisotopic (exact) mass is 434 g/mol. The zero-order valence-corrected chi connectivity index (χ0v) is 18.5. The van der Waals surface area contributed by atoms with Crippen LogP contribution in [0, 0.1) is 28.6 Å². The Morgan fingerprint density at radius 1 is 1.29 bits per heavy atom. The van der Waals surface area contributed by atoms with Crippen LogP contribution >= 0.6 is 0 Å². The van der Waals surface area contributed by atoms with E-state index in [9.17, 15) is 24.6 Å². The first-order valence-electron chi connectivity index (χ1n) is 11.0. The summed E-state index contributed by atoms with van der Waals surface area (Å²) in [4.78, 5) is 36.2. The molecule has 2 N–H and O–H groups in total. The van der Waals surface area contributed by atoms with E-state index < -0.39 is 58.4 Å². The fourth-order valence-corrected chi connectivity index (χ4v) is 7.42. The third-order valence-electron chi connectivity index (χ3n) is 9.05. The van der Waals surface area contributed by atoms with Crippen LogP contribution in [0.3, 0.4) is 0 Å². The summed E-state index contributed by atoms with van der Waals surface area (Å²) < 4.78 is 21.9. The average molecular weight is 435 g/mol. The normalized spacial score (nSPS) is 48.4. The number of aliphatic hydroxyl groups excluding tert-OH is 1. The van der Waals surface area contributed by atoms with Crippen LogP contribution in [0.2, 0.25) is 0 Å². The minimum absolute atomic E-state index is 0.0953. The molecule has 0 aliphatic heterocycles. The number of Topliss-reactive ketones (excluding diaryl/α,β-unsaturated/α-hetero) is 1. The minimum atomic E-state index is -2.01. The van der Waals surface area contributed by atoms with Gasteiger partial charge in [0, 0.05) is 23.7 Å². The van der Waals surface area contributed by atoms with Crippen molar-refractivity contribution < 1.29 is 33.7 Å². The minimum Gasteiger partial charge on any atom is -0.458 e. The Hall–Kier alpha value is -1.86. The van der Waals surface area contributed by atoms with Crippen molar-refractivity contribution in [1.29, 1.82) is 0 Å². The summed E-state index contributed by atoms with van der Waals surface area (Å²) >= 11 is 0. The number of rotatable bonds is 3. The van der Waals surface area contributed by atoms with Gasteiger partial charge in [0.05, 0.1) is 6.10 Å². The van der Waals surface area contributed by atoms with Gasteiger partial charge in [-0.1, -0.05) is 25.5 Å². The van der Waals surface area contributed by atoms with Crippen molar-refractivity contribution in [3.05, 3.63) is 23.8 Å². The van der Waals surface area contributed by atoms with E-state index in [0.29, 0.717) is 24.8 Å². The van der Waals surface area contributed by atoms with Crippen LogP contribution in [0.1, 0.15) is 53.4 Å². The summed E-state index contributed by atoms with van der Waals surface area (Å²) in [6.45, 7) is 5.89. The third-order valence-corrected chi connectivity index (χ3v) is 9.05. The number of carbonyl (C=O) groups excluding carboxylic acids is 3. The van der Waals surface area contributed by atoms with E-state index in [2.05, 4.69) is 0 Å². The first-order chi connectivity index (χ1) is 14.3. The van der Waals surface area contributed by atoms with E-state index in [1.807, 2.05) is 0 Å². The van der Waals surface area contributed by atoms with Gasteiger partial charge in [-0.15, -0.1) is 0 Å². The number of fused-ring (bicyclic) bond motifs is 5. The number of ether oxygens (including phenoxy) is 1. The molecular formula is C24H31FO6. The number of ketones is 2. The molecule has 3 saturated carbocycles. The van der Waals surface area contributed by atoms with Gasteiger partial charge in [-0.2, -0.15) is 0 Å². The number of allylic oxidation sites excluding steroid dienone is 4. The molecule has 6 nitrogen and oxygen atoms in total. The maximum Gasteiger partial charge on any atom is 0.303 e. The molecule has 0 heterocycles. The molecule has 4 aliphatic rings. The fourth-order valence-electron chi connectivity index (χ4n) is 7.42. The molecule has 0 bridgehead atoms. The van der Waals surface area contributed by atoms with Crippen LogP contribution in [0.4, 0.5) is 4.39 Å². The van der Waals surface area contributed by atoms with Crippen LogP contribution in [-0.4, -0.2) is 51.7 Å². The molecule has 31 heavy (non-hydrogen) atoms. The van der Waals surface area contributed by atoms with Crippen molar-refractivity contribution in [2.45, 2.75) is 70.8 Å². The zero-order valence-electron chi connectivity index (χ0n) is 18.5. The first kappa shape index (κ1) is 22.3. The molecule has 0 aromatic carbocycles. The van der Waals surface area contributed by atoms with Crippen molar-refractivity contribution >= 4 is 17.5 Å². The van der Waals surface area contributed by atoms with Gasteiger partial charge in [0.15, 0.2) is 18.1 Å². The Labute approximate surface area is 181 Å². The van der Waals surface area contributed by atoms with Gasteiger partial charge in [0.2, 0.25) is 5.78 Å². The van der Waals surface area contributed by atoms with E-state index >= 15 is 4.39 Å². The van der Waals surface area contributed by atoms with E-state index in [-0.39, 0.29) is 18.1 Å². The van der Waals surface area contributed by atoms with Crippen LogP contribution < -0.4 is 0 Å². The van der Waals surface area contributed by atoms with Gasteiger partial charge in [-0.3, -0.25) is 14.4 Å². The molecule has 0 saturated heterocycles. The smallest absolute Gasteiger partial charge is 0.303 e. The molecule has 0 aromatic heterocycles. The van der Waals surface area contributed by atoms with Gasteiger partial charge in [0.1, 0.15) is 5.60 Å². The van der Waals surface area contributed by atoms with Crippen LogP contribution in [0.5, 0.6) is 0 Å². The highest BCUT2D eigenvalue weighted by molar-refractivity contribution is 6.01. The van der Waals surface area contributed by atoms with Gasteiger partial charge in [-0.25, -0.2) is 4.39 Å². The first-order valence-corrected chi connectivity index (χ1v) is 11.0. The Kier molecular flexibility index (Phi) is 4.91. The Morgan fingerprint density at radius 3 is 2.61 bits per heavy atom. The summed E-state index contributed by atoms with van der Waals surface area (Å²) in [6.07, 6.45) is 4.29. The lowest BCUT2D eigenvalue weighted by molar-refractivity contribution is -0.219. The van der Waals surface area contributed by atoms with Crippen molar-refractivity contribution in [3.8, 4) is 0 Å². The standard InChI is InChI=1S/C24H31FO6/c1-13-9-18-17-6-5-15-10-16(27)7-8-21(15,3)23(17,25)19(28)11-22(18,4)24(13,30)20(29)12-31-14(2)26/h7-8,10,13,17-19,28,30H,5-6,9,11-12H2,1-4H3/t13-,17-,18?,19-,21-,22-,23-,24-/m0/s1. The molecule has 0 aromatic rings. The lowest BCUT2D eigenvalue weighted by atomic mass is 9.44. The topological polar surface area (TPSA) is 101 Å². The molecule has 4 aliphatic carbocycles. The number of hydrogen-bond acceptors (Lipinski definition) is 6. The predicted octanol–water partition coefficient (Wildman–Crippen LogP) is 2.47. The Bertz CT molecular complexity index is 910. The maximum atomic E-state index is 17.0. The van der Waals surface area contributed by atoms with E-state index in [4.69, 9.17) is 4.74 Å². The number of alkyl halides is 1. The van der Waals surface area contributed by atoms with E-state index in [0.717, 1.165) is 0 Å². The van der Waals surface area contributed by atoms with Gasteiger partial charge >= 0.3 is 5.97 Å². The van der Waals surface area contributed by atoms with Crippen LogP contribution in [0.15, 0.2) is 23.8 Å². The number of aliphatic hydroxyl groups is 2. The summed E-state index contributed by atoms with van der Waals surface area (Å²) in [5, 5.41) is 22.9. The highest BCUT2D eigenvalue weighted by Crippen LogP contribution is 2.70. The molecule has 3 fully saturated rings. The van der Waals surface area contributed by atoms with Crippen molar-refractivity contribution in [2.24, 2.45) is 28.6 Å². The van der Waals surface area contributed by atoms with Gasteiger partial charge in [0.25, 0.3) is 0 Å². The lowest BCUT2D eigenvalue weighted by Gasteiger charge is -2.62. The number of carbonyl (C=O) groups is 3. The second-order valence-corrected chi connectivity index (χ2v) is 10.4. The molecule has 1 unspecified atom stereocenters. The lowest BCUT2D eigenvalue weighted by Crippen LogP contribution is -2.69. The number of halogens is 1. The highest BCUT2D eigenvalue weighted by atomic mass is 19.1. The second-order valence-electron chi connectivity index (χ2n) is 10.4. The van der Waals surface area contributed by atoms with Gasteiger partial charge < -0.3 is 14.9 Å². The summed E-state index contributed by atoms with van der Waals surface area (Å²) in [5.74, 6) is -2.80. The highest BCUT2D eigenvalue weighted by Gasteiger charge is 2.75. The molecule has 170 valence electrons. The summed E-state index contributed by atoms with van der Waals surface area (Å²) in [6, 6.07) is 0. The molecular weight excluding hydrogens is 403 g/mol. The molecule has 4 rings (SSSR count). The van der Waals surface area contributed by atoms with Crippen molar-refractivity contribution in [3.63, 3.8) is 0 Å². The fraction of sp³-hybridized carbons (Fsp3) is 0.708. The summed E-state index contributed by atoms with van der Waals surface area (Å²) in [5.41, 5.74) is -5.33.